The zero-order valence-electron chi connectivity index (χ0n) is 13.9. The van der Waals surface area contributed by atoms with Crippen molar-refractivity contribution in [3.63, 3.8) is 0 Å². The van der Waals surface area contributed by atoms with E-state index in [0.717, 1.165) is 21.3 Å². The lowest BCUT2D eigenvalue weighted by Gasteiger charge is -2.05. The highest BCUT2D eigenvalue weighted by molar-refractivity contribution is 7.91. The average Bonchev–Trinajstić information content (AvgIpc) is 2.94. The number of fused-ring (bicyclic) bond motifs is 1. The van der Waals surface area contributed by atoms with Gasteiger partial charge in [0.05, 0.1) is 20.9 Å². The minimum Gasteiger partial charge on any atom is -0.302 e. The Balaban J connectivity index is 1.64. The molecule has 0 aliphatic heterocycles. The van der Waals surface area contributed by atoms with Gasteiger partial charge in [0.2, 0.25) is 5.91 Å². The molecule has 25 heavy (non-hydrogen) atoms. The molecule has 3 aromatic rings. The van der Waals surface area contributed by atoms with E-state index in [4.69, 9.17) is 0 Å². The van der Waals surface area contributed by atoms with Crippen molar-refractivity contribution in [2.24, 2.45) is 0 Å². The minimum atomic E-state index is -3.47. The molecule has 0 fully saturated rings. The van der Waals surface area contributed by atoms with Gasteiger partial charge in [0, 0.05) is 6.42 Å². The molecule has 0 spiro atoms. The second-order valence-corrected chi connectivity index (χ2v) is 9.06. The van der Waals surface area contributed by atoms with Gasteiger partial charge in [0.25, 0.3) is 0 Å². The predicted octanol–water partition coefficient (Wildman–Crippen LogP) is 3.72. The summed E-state index contributed by atoms with van der Waals surface area (Å²) < 4.78 is 25.6. The van der Waals surface area contributed by atoms with Crippen molar-refractivity contribution >= 4 is 42.4 Å². The molecule has 1 aromatic heterocycles. The van der Waals surface area contributed by atoms with E-state index in [2.05, 4.69) is 10.3 Å². The Morgan fingerprint density at radius 1 is 1.08 bits per heavy atom. The molecule has 0 aliphatic rings. The molecular weight excluding hydrogens is 356 g/mol. The van der Waals surface area contributed by atoms with Gasteiger partial charge in [0.1, 0.15) is 0 Å². The summed E-state index contributed by atoms with van der Waals surface area (Å²) in [6, 6.07) is 12.5. The first-order chi connectivity index (χ1) is 11.8. The smallest absolute Gasteiger partial charge is 0.227 e. The number of carbonyl (C=O) groups is 1. The van der Waals surface area contributed by atoms with Gasteiger partial charge in [-0.05, 0) is 43.7 Å². The van der Waals surface area contributed by atoms with E-state index in [9.17, 15) is 13.2 Å². The first kappa shape index (κ1) is 17.6. The number of rotatable bonds is 5. The molecule has 0 unspecified atom stereocenters. The molecule has 0 radical (unpaired) electrons. The number of carbonyl (C=O) groups excluding carboxylic acids is 1. The highest BCUT2D eigenvalue weighted by Crippen LogP contribution is 2.26. The number of nitrogens with zero attached hydrogens (tertiary/aromatic N) is 1. The molecule has 7 heteroatoms. The molecule has 0 saturated heterocycles. The fourth-order valence-corrected chi connectivity index (χ4v) is 4.58. The molecule has 3 rings (SSSR count). The monoisotopic (exact) mass is 374 g/mol. The minimum absolute atomic E-state index is 0.106. The van der Waals surface area contributed by atoms with Crippen molar-refractivity contribution in [2.75, 3.05) is 11.1 Å². The molecule has 5 nitrogen and oxygen atoms in total. The number of benzene rings is 2. The van der Waals surface area contributed by atoms with Crippen molar-refractivity contribution in [1.82, 2.24) is 4.98 Å². The molecule has 2 aromatic carbocycles. The summed E-state index contributed by atoms with van der Waals surface area (Å²) in [6.07, 6.45) is -0.106. The SMILES string of the molecule is Cc1ccc(S(=O)(=O)CCC(=O)Nc2nc3ccc(C)cc3s2)cc1. The van der Waals surface area contributed by atoms with E-state index in [0.29, 0.717) is 5.13 Å². The van der Waals surface area contributed by atoms with Crippen LogP contribution in [-0.2, 0) is 14.6 Å². The van der Waals surface area contributed by atoms with Crippen molar-refractivity contribution < 1.29 is 13.2 Å². The number of hydrogen-bond donors (Lipinski definition) is 1. The third-order valence-electron chi connectivity index (χ3n) is 3.77. The fourth-order valence-electron chi connectivity index (χ4n) is 2.36. The maximum atomic E-state index is 12.3. The van der Waals surface area contributed by atoms with Crippen molar-refractivity contribution in [2.45, 2.75) is 25.2 Å². The molecule has 1 N–H and O–H groups in total. The van der Waals surface area contributed by atoms with Crippen molar-refractivity contribution in [3.05, 3.63) is 53.6 Å². The van der Waals surface area contributed by atoms with Gasteiger partial charge in [-0.25, -0.2) is 13.4 Å². The van der Waals surface area contributed by atoms with Gasteiger partial charge in [-0.1, -0.05) is 35.1 Å². The Kier molecular flexibility index (Phi) is 4.87. The molecule has 0 atom stereocenters. The van der Waals surface area contributed by atoms with Gasteiger partial charge in [-0.3, -0.25) is 4.79 Å². The molecule has 130 valence electrons. The van der Waals surface area contributed by atoms with Crippen LogP contribution in [0.15, 0.2) is 47.4 Å². The Labute approximate surface area is 150 Å². The summed E-state index contributed by atoms with van der Waals surface area (Å²) in [5.74, 6) is -0.585. The van der Waals surface area contributed by atoms with Crippen LogP contribution in [0.5, 0.6) is 0 Å². The van der Waals surface area contributed by atoms with Gasteiger partial charge in [-0.2, -0.15) is 0 Å². The van der Waals surface area contributed by atoms with E-state index in [1.54, 1.807) is 24.3 Å². The highest BCUT2D eigenvalue weighted by Gasteiger charge is 2.17. The number of nitrogens with one attached hydrogen (secondary N) is 1. The Morgan fingerprint density at radius 3 is 2.48 bits per heavy atom. The standard InChI is InChI=1S/C18H18N2O3S2/c1-12-3-6-14(7-4-12)25(22,23)10-9-17(21)20-18-19-15-8-5-13(2)11-16(15)24-18/h3-8,11H,9-10H2,1-2H3,(H,19,20,21). The summed E-state index contributed by atoms with van der Waals surface area (Å²) in [5, 5.41) is 3.17. The van der Waals surface area contributed by atoms with Gasteiger partial charge < -0.3 is 5.32 Å². The quantitative estimate of drug-likeness (QED) is 0.738. The fraction of sp³-hybridized carbons (Fsp3) is 0.222. The summed E-state index contributed by atoms with van der Waals surface area (Å²) in [7, 11) is -3.47. The Bertz CT molecular complexity index is 1020. The van der Waals surface area contributed by atoms with Crippen LogP contribution in [-0.4, -0.2) is 25.1 Å². The predicted molar refractivity (Wildman–Crippen MR) is 101 cm³/mol. The number of aromatic nitrogens is 1. The van der Waals surface area contributed by atoms with Crippen LogP contribution >= 0.6 is 11.3 Å². The number of sulfone groups is 1. The van der Waals surface area contributed by atoms with E-state index < -0.39 is 9.84 Å². The first-order valence-corrected chi connectivity index (χ1v) is 10.3. The summed E-state index contributed by atoms with van der Waals surface area (Å²) in [5.41, 5.74) is 2.93. The Hall–Kier alpha value is -2.25. The van der Waals surface area contributed by atoms with Crippen molar-refractivity contribution in [3.8, 4) is 0 Å². The summed E-state index contributed by atoms with van der Waals surface area (Å²) in [6.45, 7) is 3.89. The highest BCUT2D eigenvalue weighted by atomic mass is 32.2. The zero-order chi connectivity index (χ0) is 18.0. The number of thiazole rings is 1. The van der Waals surface area contributed by atoms with Gasteiger partial charge in [0.15, 0.2) is 15.0 Å². The van der Waals surface area contributed by atoms with Crippen LogP contribution in [0, 0.1) is 13.8 Å². The lowest BCUT2D eigenvalue weighted by molar-refractivity contribution is -0.115. The molecule has 1 amide bonds. The summed E-state index contributed by atoms with van der Waals surface area (Å²) >= 11 is 1.38. The van der Waals surface area contributed by atoms with Crippen LogP contribution in [0.3, 0.4) is 0 Å². The molecule has 1 heterocycles. The van der Waals surface area contributed by atoms with Crippen LogP contribution in [0.25, 0.3) is 10.2 Å². The molecule has 0 bridgehead atoms. The van der Waals surface area contributed by atoms with E-state index >= 15 is 0 Å². The van der Waals surface area contributed by atoms with E-state index in [1.165, 1.54) is 11.3 Å². The van der Waals surface area contributed by atoms with Crippen LogP contribution in [0.4, 0.5) is 5.13 Å². The summed E-state index contributed by atoms with van der Waals surface area (Å²) in [4.78, 5) is 16.7. The number of hydrogen-bond acceptors (Lipinski definition) is 5. The van der Waals surface area contributed by atoms with Crippen LogP contribution < -0.4 is 5.32 Å². The Morgan fingerprint density at radius 2 is 1.76 bits per heavy atom. The number of amides is 1. The lowest BCUT2D eigenvalue weighted by atomic mass is 10.2. The maximum absolute atomic E-state index is 12.3. The van der Waals surface area contributed by atoms with Crippen molar-refractivity contribution in [1.29, 1.82) is 0 Å². The molecule has 0 saturated carbocycles. The van der Waals surface area contributed by atoms with E-state index in [-0.39, 0.29) is 23.0 Å². The second kappa shape index (κ2) is 6.93. The zero-order valence-corrected chi connectivity index (χ0v) is 15.6. The third kappa shape index (κ3) is 4.24. The van der Waals surface area contributed by atoms with Gasteiger partial charge >= 0.3 is 0 Å². The van der Waals surface area contributed by atoms with Crippen LogP contribution in [0.2, 0.25) is 0 Å². The average molecular weight is 374 g/mol. The molecular formula is C18H18N2O3S2. The number of anilines is 1. The maximum Gasteiger partial charge on any atom is 0.227 e. The first-order valence-electron chi connectivity index (χ1n) is 7.80. The molecule has 0 aliphatic carbocycles. The second-order valence-electron chi connectivity index (χ2n) is 5.92. The van der Waals surface area contributed by atoms with E-state index in [1.807, 2.05) is 32.0 Å². The normalized spacial score (nSPS) is 11.6. The van der Waals surface area contributed by atoms with Crippen LogP contribution in [0.1, 0.15) is 17.5 Å². The van der Waals surface area contributed by atoms with Gasteiger partial charge in [-0.15, -0.1) is 0 Å². The number of aryl methyl sites for hydroxylation is 2. The topological polar surface area (TPSA) is 76.1 Å². The lowest BCUT2D eigenvalue weighted by Crippen LogP contribution is -2.17. The largest absolute Gasteiger partial charge is 0.302 e. The third-order valence-corrected chi connectivity index (χ3v) is 6.43.